The van der Waals surface area contributed by atoms with Crippen LogP contribution in [0, 0.1) is 5.92 Å². The maximum atomic E-state index is 9.79. The van der Waals surface area contributed by atoms with E-state index in [1.807, 2.05) is 0 Å². The first-order valence-corrected chi connectivity index (χ1v) is 5.92. The molecule has 16 heavy (non-hydrogen) atoms. The average molecular weight is 224 g/mol. The normalized spacial score (nSPS) is 30.2. The molecule has 1 heterocycles. The molecule has 0 amide bonds. The molecule has 0 bridgehead atoms. The Morgan fingerprint density at radius 3 is 2.75 bits per heavy atom. The molecule has 2 rings (SSSR count). The van der Waals surface area contributed by atoms with E-state index in [0.29, 0.717) is 12.5 Å². The van der Waals surface area contributed by atoms with Gasteiger partial charge in [0.15, 0.2) is 5.82 Å². The van der Waals surface area contributed by atoms with Crippen LogP contribution in [0.5, 0.6) is 0 Å². The van der Waals surface area contributed by atoms with Crippen LogP contribution in [-0.4, -0.2) is 32.9 Å². The summed E-state index contributed by atoms with van der Waals surface area (Å²) < 4.78 is 0. The minimum absolute atomic E-state index is 0.206. The Morgan fingerprint density at radius 1 is 1.50 bits per heavy atom. The Kier molecular flexibility index (Phi) is 3.25. The molecule has 0 radical (unpaired) electrons. The van der Waals surface area contributed by atoms with E-state index in [1.165, 1.54) is 0 Å². The summed E-state index contributed by atoms with van der Waals surface area (Å²) in [5.41, 5.74) is 5.61. The molecule has 1 saturated carbocycles. The fraction of sp³-hybridized carbons (Fsp3) is 0.818. The largest absolute Gasteiger partial charge is 0.393 e. The first-order valence-electron chi connectivity index (χ1n) is 5.92. The highest BCUT2D eigenvalue weighted by Crippen LogP contribution is 2.36. The van der Waals surface area contributed by atoms with Gasteiger partial charge in [0, 0.05) is 11.8 Å². The van der Waals surface area contributed by atoms with E-state index < -0.39 is 0 Å². The summed E-state index contributed by atoms with van der Waals surface area (Å²) in [4.78, 5) is 4.48. The number of hydrogen-bond acceptors (Lipinski definition) is 4. The number of nitrogens with two attached hydrogens (primary N) is 1. The van der Waals surface area contributed by atoms with Gasteiger partial charge in [-0.05, 0) is 25.3 Å². The third-order valence-corrected chi connectivity index (χ3v) is 3.38. The smallest absolute Gasteiger partial charge is 0.153 e. The van der Waals surface area contributed by atoms with Gasteiger partial charge in [-0.2, -0.15) is 5.10 Å². The molecule has 3 atom stereocenters. The number of aromatic nitrogens is 3. The number of aliphatic hydroxyl groups excluding tert-OH is 1. The lowest BCUT2D eigenvalue weighted by Gasteiger charge is -2.09. The predicted molar refractivity (Wildman–Crippen MR) is 61.0 cm³/mol. The van der Waals surface area contributed by atoms with Crippen molar-refractivity contribution in [3.05, 3.63) is 11.6 Å². The molecule has 1 aliphatic carbocycles. The van der Waals surface area contributed by atoms with Crippen molar-refractivity contribution in [3.63, 3.8) is 0 Å². The van der Waals surface area contributed by atoms with Crippen LogP contribution in [0.25, 0.3) is 0 Å². The predicted octanol–water partition coefficient (Wildman–Crippen LogP) is 0.741. The van der Waals surface area contributed by atoms with E-state index in [0.717, 1.165) is 24.5 Å². The van der Waals surface area contributed by atoms with Gasteiger partial charge in [-0.15, -0.1) is 0 Å². The molecule has 1 aromatic heterocycles. The maximum Gasteiger partial charge on any atom is 0.153 e. The molecule has 0 saturated heterocycles. The van der Waals surface area contributed by atoms with Crippen LogP contribution in [0.15, 0.2) is 0 Å². The SMILES string of the molecule is CC(C)c1n[nH]c([C@H]2C[C@H](CN)[C@H](O)C2)n1. The van der Waals surface area contributed by atoms with Crippen LogP contribution < -0.4 is 5.73 Å². The van der Waals surface area contributed by atoms with E-state index in [-0.39, 0.29) is 17.9 Å². The Morgan fingerprint density at radius 2 is 2.25 bits per heavy atom. The lowest BCUT2D eigenvalue weighted by molar-refractivity contribution is 0.136. The van der Waals surface area contributed by atoms with Crippen LogP contribution in [0.4, 0.5) is 0 Å². The van der Waals surface area contributed by atoms with Crippen LogP contribution in [0.2, 0.25) is 0 Å². The summed E-state index contributed by atoms with van der Waals surface area (Å²) in [6, 6.07) is 0. The summed E-state index contributed by atoms with van der Waals surface area (Å²) >= 11 is 0. The van der Waals surface area contributed by atoms with Gasteiger partial charge in [0.2, 0.25) is 0 Å². The Labute approximate surface area is 95.5 Å². The van der Waals surface area contributed by atoms with E-state index in [1.54, 1.807) is 0 Å². The van der Waals surface area contributed by atoms with E-state index in [9.17, 15) is 5.11 Å². The number of aromatic amines is 1. The van der Waals surface area contributed by atoms with Gasteiger partial charge in [-0.3, -0.25) is 5.10 Å². The standard InChI is InChI=1S/C11H20N4O/c1-6(2)10-13-11(15-14-10)7-3-8(5-12)9(16)4-7/h6-9,16H,3-5,12H2,1-2H3,(H,13,14,15)/t7-,8+,9+/m0/s1. The maximum absolute atomic E-state index is 9.79. The van der Waals surface area contributed by atoms with Crippen molar-refractivity contribution in [1.82, 2.24) is 15.2 Å². The summed E-state index contributed by atoms with van der Waals surface area (Å²) in [5.74, 6) is 2.57. The van der Waals surface area contributed by atoms with E-state index >= 15 is 0 Å². The molecular formula is C11H20N4O. The highest BCUT2D eigenvalue weighted by molar-refractivity contribution is 5.05. The molecule has 5 heteroatoms. The van der Waals surface area contributed by atoms with Crippen molar-refractivity contribution in [2.75, 3.05) is 6.54 Å². The topological polar surface area (TPSA) is 87.8 Å². The number of rotatable bonds is 3. The number of nitrogens with zero attached hydrogens (tertiary/aromatic N) is 2. The van der Waals surface area contributed by atoms with Crippen molar-refractivity contribution in [2.24, 2.45) is 11.7 Å². The van der Waals surface area contributed by atoms with Gasteiger partial charge in [-0.1, -0.05) is 13.8 Å². The van der Waals surface area contributed by atoms with Crippen LogP contribution in [0.1, 0.15) is 50.2 Å². The molecular weight excluding hydrogens is 204 g/mol. The Balaban J connectivity index is 2.08. The van der Waals surface area contributed by atoms with Gasteiger partial charge < -0.3 is 10.8 Å². The quantitative estimate of drug-likeness (QED) is 0.706. The van der Waals surface area contributed by atoms with Crippen molar-refractivity contribution in [3.8, 4) is 0 Å². The van der Waals surface area contributed by atoms with Crippen molar-refractivity contribution in [2.45, 2.75) is 44.6 Å². The van der Waals surface area contributed by atoms with Crippen molar-refractivity contribution in [1.29, 1.82) is 0 Å². The Bertz CT molecular complexity index is 350. The first-order chi connectivity index (χ1) is 7.61. The lowest BCUT2D eigenvalue weighted by atomic mass is 10.0. The zero-order valence-electron chi connectivity index (χ0n) is 9.85. The highest BCUT2D eigenvalue weighted by atomic mass is 16.3. The molecule has 5 nitrogen and oxygen atoms in total. The third-order valence-electron chi connectivity index (χ3n) is 3.38. The molecule has 1 fully saturated rings. The molecule has 0 aromatic carbocycles. The second-order valence-electron chi connectivity index (χ2n) is 4.97. The summed E-state index contributed by atoms with van der Waals surface area (Å²) in [5, 5.41) is 17.0. The summed E-state index contributed by atoms with van der Waals surface area (Å²) in [6.45, 7) is 4.68. The van der Waals surface area contributed by atoms with Gasteiger partial charge in [0.05, 0.1) is 6.10 Å². The molecule has 1 aliphatic rings. The number of aliphatic hydroxyl groups is 1. The van der Waals surface area contributed by atoms with E-state index in [4.69, 9.17) is 5.73 Å². The van der Waals surface area contributed by atoms with Gasteiger partial charge in [0.25, 0.3) is 0 Å². The Hall–Kier alpha value is -0.940. The summed E-state index contributed by atoms with van der Waals surface area (Å²) in [6.07, 6.45) is 1.36. The number of hydrogen-bond donors (Lipinski definition) is 3. The minimum atomic E-state index is -0.289. The number of H-pyrrole nitrogens is 1. The molecule has 4 N–H and O–H groups in total. The van der Waals surface area contributed by atoms with Crippen LogP contribution >= 0.6 is 0 Å². The minimum Gasteiger partial charge on any atom is -0.393 e. The second-order valence-corrected chi connectivity index (χ2v) is 4.97. The van der Waals surface area contributed by atoms with Crippen molar-refractivity contribution < 1.29 is 5.11 Å². The zero-order chi connectivity index (χ0) is 11.7. The van der Waals surface area contributed by atoms with Crippen LogP contribution in [-0.2, 0) is 0 Å². The summed E-state index contributed by atoms with van der Waals surface area (Å²) in [7, 11) is 0. The molecule has 0 aliphatic heterocycles. The van der Waals surface area contributed by atoms with Crippen LogP contribution in [0.3, 0.4) is 0 Å². The molecule has 0 unspecified atom stereocenters. The fourth-order valence-electron chi connectivity index (χ4n) is 2.31. The average Bonchev–Trinajstić information content (AvgIpc) is 2.83. The number of nitrogens with one attached hydrogen (secondary N) is 1. The van der Waals surface area contributed by atoms with Gasteiger partial charge >= 0.3 is 0 Å². The lowest BCUT2D eigenvalue weighted by Crippen LogP contribution is -2.21. The molecule has 90 valence electrons. The highest BCUT2D eigenvalue weighted by Gasteiger charge is 2.34. The molecule has 0 spiro atoms. The monoisotopic (exact) mass is 224 g/mol. The van der Waals surface area contributed by atoms with Crippen molar-refractivity contribution >= 4 is 0 Å². The first kappa shape index (κ1) is 11.5. The van der Waals surface area contributed by atoms with E-state index in [2.05, 4.69) is 29.0 Å². The molecule has 1 aromatic rings. The fourth-order valence-corrected chi connectivity index (χ4v) is 2.31. The third kappa shape index (κ3) is 2.10. The van der Waals surface area contributed by atoms with Gasteiger partial charge in [-0.25, -0.2) is 4.98 Å². The zero-order valence-corrected chi connectivity index (χ0v) is 9.85. The second kappa shape index (κ2) is 4.51. The van der Waals surface area contributed by atoms with Gasteiger partial charge in [0.1, 0.15) is 5.82 Å².